The molecule has 0 bridgehead atoms. The second-order valence-corrected chi connectivity index (χ2v) is 19.6. The van der Waals surface area contributed by atoms with E-state index in [0.29, 0.717) is 18.4 Å². The Balaban J connectivity index is 1.55. The Kier molecular flexibility index (Phi) is 21.9. The molecule has 23 nitrogen and oxygen atoms in total. The molecule has 4 rings (SSSR count). The number of aromatic nitrogens is 1. The zero-order chi connectivity index (χ0) is 55.0. The van der Waals surface area contributed by atoms with Gasteiger partial charge in [-0.25, -0.2) is 4.79 Å². The number of aromatic hydroxyl groups is 1. The molecule has 14 N–H and O–H groups in total. The van der Waals surface area contributed by atoms with Gasteiger partial charge in [0.25, 0.3) is 0 Å². The predicted octanol–water partition coefficient (Wildman–Crippen LogP) is 0.459. The average molecular weight is 1030 g/mol. The largest absolute Gasteiger partial charge is 0.508 e. The predicted molar refractivity (Wildman–Crippen MR) is 270 cm³/mol. The number of nitrogens with zero attached hydrogens (tertiary/aromatic N) is 1. The van der Waals surface area contributed by atoms with Crippen molar-refractivity contribution in [3.05, 3.63) is 65.9 Å². The Morgan fingerprint density at radius 2 is 1.34 bits per heavy atom. The molecular formula is C51H72N10O13. The summed E-state index contributed by atoms with van der Waals surface area (Å²) in [5, 5.41) is 45.5. The van der Waals surface area contributed by atoms with Crippen LogP contribution in [0, 0.1) is 17.8 Å². The van der Waals surface area contributed by atoms with Crippen LogP contribution < -0.4 is 43.4 Å². The number of nitrogens with one attached hydrogen (secondary N) is 7. The minimum atomic E-state index is -1.72. The first-order valence-electron chi connectivity index (χ1n) is 24.8. The number of hydrogen-bond donors (Lipinski definition) is 12. The van der Waals surface area contributed by atoms with Crippen LogP contribution >= 0.6 is 0 Å². The van der Waals surface area contributed by atoms with Crippen molar-refractivity contribution < 1.29 is 63.3 Å². The lowest BCUT2D eigenvalue weighted by atomic mass is 9.96. The summed E-state index contributed by atoms with van der Waals surface area (Å²) < 4.78 is 0. The van der Waals surface area contributed by atoms with E-state index in [1.807, 2.05) is 24.3 Å². The van der Waals surface area contributed by atoms with Crippen LogP contribution in [-0.4, -0.2) is 139 Å². The second kappa shape index (κ2) is 27.5. The Labute approximate surface area is 429 Å². The number of hydrogen-bond acceptors (Lipinski definition) is 12. The molecule has 2 heterocycles. The lowest BCUT2D eigenvalue weighted by molar-refractivity contribution is -0.145. The summed E-state index contributed by atoms with van der Waals surface area (Å²) in [4.78, 5) is 138. The molecule has 8 amide bonds. The van der Waals surface area contributed by atoms with Crippen LogP contribution in [-0.2, 0) is 60.8 Å². The minimum absolute atomic E-state index is 0.0105. The molecular weight excluding hydrogens is 961 g/mol. The second-order valence-electron chi connectivity index (χ2n) is 19.6. The van der Waals surface area contributed by atoms with E-state index in [2.05, 4.69) is 36.9 Å². The molecule has 0 spiro atoms. The smallest absolute Gasteiger partial charge is 0.326 e. The highest BCUT2D eigenvalue weighted by atomic mass is 16.4. The molecule has 1 aliphatic heterocycles. The SMILES string of the molecule is CC[C@H](C)[C@H](NC(=O)[C@@H]1CCCN1C(=O)[C@H](CC(N)=O)NC(=O)[C@H](CCC(=O)O)NC(=O)[C@H](CC(C)C)NC(=O)[C@H](Cc1ccc(O)cc1)NC(=O)[C@@H](N)Cc1c[nH]c2ccccc12)C(=O)N[C@H](C(=O)O)C(C)C. The topological polar surface area (TPSA) is 375 Å². The van der Waals surface area contributed by atoms with Crippen molar-refractivity contribution in [2.75, 3.05) is 6.54 Å². The standard InChI is InChI=1S/C51H72N10O13/c1-7-28(6)43(49(71)59-42(27(4)5)51(73)74)60-48(70)39-13-10-20-61(39)50(72)38(24-40(53)63)58-45(67)35(18-19-41(64)65)55-46(68)36(21-26(2)3)57-47(69)37(22-29-14-16-31(62)17-15-29)56-44(66)33(52)23-30-25-54-34-12-9-8-11-32(30)34/h8-9,11-12,14-17,25-28,33,35-39,42-43,54,62H,7,10,13,18-24,52H2,1-6H3,(H2,53,63)(H,55,68)(H,56,66)(H,57,69)(H,58,67)(H,59,71)(H,60,70)(H,64,65)(H,73,74)/t28-,33-,35-,36-,37-,38-,39-,42-,43-/m0/s1. The summed E-state index contributed by atoms with van der Waals surface area (Å²) >= 11 is 0. The Bertz CT molecular complexity index is 2500. The molecule has 23 heteroatoms. The van der Waals surface area contributed by atoms with Gasteiger partial charge in [-0.05, 0) is 79.2 Å². The molecule has 0 radical (unpaired) electrons. The van der Waals surface area contributed by atoms with Crippen molar-refractivity contribution in [3.8, 4) is 5.75 Å². The number of carboxylic acids is 2. The number of nitrogens with two attached hydrogens (primary N) is 2. The quantitative estimate of drug-likeness (QED) is 0.0470. The first-order chi connectivity index (χ1) is 34.9. The molecule has 2 aromatic carbocycles. The van der Waals surface area contributed by atoms with Gasteiger partial charge in [0.2, 0.25) is 47.3 Å². The van der Waals surface area contributed by atoms with Gasteiger partial charge in [0.15, 0.2) is 0 Å². The number of H-pyrrole nitrogens is 1. The van der Waals surface area contributed by atoms with Crippen LogP contribution in [0.4, 0.5) is 0 Å². The maximum Gasteiger partial charge on any atom is 0.326 e. The number of carbonyl (C=O) groups excluding carboxylic acids is 8. The summed E-state index contributed by atoms with van der Waals surface area (Å²) in [5.41, 5.74) is 14.0. The maximum atomic E-state index is 14.3. The van der Waals surface area contributed by atoms with Gasteiger partial charge in [-0.3, -0.25) is 43.2 Å². The van der Waals surface area contributed by atoms with Gasteiger partial charge in [-0.2, -0.15) is 0 Å². The van der Waals surface area contributed by atoms with E-state index in [1.165, 1.54) is 12.1 Å². The van der Waals surface area contributed by atoms with Crippen molar-refractivity contribution in [3.63, 3.8) is 0 Å². The maximum absolute atomic E-state index is 14.3. The number of fused-ring (bicyclic) bond motifs is 1. The van der Waals surface area contributed by atoms with E-state index < -0.39 is 139 Å². The van der Waals surface area contributed by atoms with Crippen LogP contribution in [0.2, 0.25) is 0 Å². The average Bonchev–Trinajstić information content (AvgIpc) is 4.00. The summed E-state index contributed by atoms with van der Waals surface area (Å²) in [6.45, 7) is 10.2. The molecule has 1 fully saturated rings. The molecule has 1 saturated heterocycles. The zero-order valence-corrected chi connectivity index (χ0v) is 42.6. The number of carbonyl (C=O) groups is 10. The van der Waals surface area contributed by atoms with E-state index in [0.717, 1.165) is 21.4 Å². The molecule has 9 atom stereocenters. The first kappa shape index (κ1) is 59.0. The van der Waals surface area contributed by atoms with Crippen LogP contribution in [0.5, 0.6) is 5.75 Å². The van der Waals surface area contributed by atoms with Gasteiger partial charge in [0.1, 0.15) is 48.0 Å². The third kappa shape index (κ3) is 17.0. The Morgan fingerprint density at radius 3 is 1.95 bits per heavy atom. The Hall–Kier alpha value is -7.56. The van der Waals surface area contributed by atoms with Crippen LogP contribution in [0.3, 0.4) is 0 Å². The third-order valence-corrected chi connectivity index (χ3v) is 13.0. The van der Waals surface area contributed by atoms with Crippen molar-refractivity contribution in [1.29, 1.82) is 0 Å². The van der Waals surface area contributed by atoms with E-state index in [1.54, 1.807) is 59.9 Å². The van der Waals surface area contributed by atoms with Crippen LogP contribution in [0.25, 0.3) is 10.9 Å². The lowest BCUT2D eigenvalue weighted by Crippen LogP contribution is -2.61. The number of aromatic amines is 1. The van der Waals surface area contributed by atoms with Crippen molar-refractivity contribution in [2.45, 2.75) is 148 Å². The number of likely N-dealkylation sites (tertiary alicyclic amines) is 1. The van der Waals surface area contributed by atoms with Crippen molar-refractivity contribution >= 4 is 70.1 Å². The molecule has 0 aliphatic carbocycles. The van der Waals surface area contributed by atoms with Gasteiger partial charge in [-0.15, -0.1) is 0 Å². The summed E-state index contributed by atoms with van der Waals surface area (Å²) in [7, 11) is 0. The molecule has 74 heavy (non-hydrogen) atoms. The molecule has 3 aromatic rings. The van der Waals surface area contributed by atoms with Crippen LogP contribution in [0.15, 0.2) is 54.7 Å². The van der Waals surface area contributed by atoms with Gasteiger partial charge in [0.05, 0.1) is 12.5 Å². The molecule has 0 saturated carbocycles. The number of primary amides is 1. The van der Waals surface area contributed by atoms with Gasteiger partial charge in [0, 0.05) is 36.5 Å². The molecule has 1 aliphatic rings. The highest BCUT2D eigenvalue weighted by Crippen LogP contribution is 2.22. The van der Waals surface area contributed by atoms with Gasteiger partial charge >= 0.3 is 11.9 Å². The van der Waals surface area contributed by atoms with E-state index >= 15 is 0 Å². The third-order valence-electron chi connectivity index (χ3n) is 13.0. The molecule has 0 unspecified atom stereocenters. The fourth-order valence-electron chi connectivity index (χ4n) is 8.65. The fourth-order valence-corrected chi connectivity index (χ4v) is 8.65. The monoisotopic (exact) mass is 1030 g/mol. The normalized spacial score (nSPS) is 16.7. The van der Waals surface area contributed by atoms with E-state index in [4.69, 9.17) is 11.5 Å². The Morgan fingerprint density at radius 1 is 0.730 bits per heavy atom. The number of para-hydroxylation sites is 1. The number of aliphatic carboxylic acids is 2. The number of rotatable bonds is 28. The number of benzene rings is 2. The number of phenols is 1. The summed E-state index contributed by atoms with van der Waals surface area (Å²) in [6, 6.07) is 2.49. The highest BCUT2D eigenvalue weighted by molar-refractivity contribution is 5.99. The van der Waals surface area contributed by atoms with Gasteiger partial charge < -0.3 is 68.6 Å². The number of phenolic OH excluding ortho intramolecular Hbond substituents is 1. The van der Waals surface area contributed by atoms with Crippen molar-refractivity contribution in [2.24, 2.45) is 29.2 Å². The van der Waals surface area contributed by atoms with Crippen molar-refractivity contribution in [1.82, 2.24) is 41.8 Å². The van der Waals surface area contributed by atoms with Gasteiger partial charge in [-0.1, -0.05) is 78.3 Å². The first-order valence-corrected chi connectivity index (χ1v) is 24.8. The number of carboxylic acid groups (broad SMARTS) is 2. The van der Waals surface area contributed by atoms with E-state index in [9.17, 15) is 63.3 Å². The fraction of sp³-hybridized carbons (Fsp3) is 0.529. The number of amides is 8. The summed E-state index contributed by atoms with van der Waals surface area (Å²) in [5.74, 6) is -10.8. The zero-order valence-electron chi connectivity index (χ0n) is 42.6. The lowest BCUT2D eigenvalue weighted by Gasteiger charge is -2.32. The highest BCUT2D eigenvalue weighted by Gasteiger charge is 2.41. The molecule has 404 valence electrons. The van der Waals surface area contributed by atoms with E-state index in [-0.39, 0.29) is 43.9 Å². The van der Waals surface area contributed by atoms with Crippen LogP contribution in [0.1, 0.15) is 97.6 Å². The molecule has 1 aromatic heterocycles. The summed E-state index contributed by atoms with van der Waals surface area (Å²) in [6.07, 6.45) is 0.603. The minimum Gasteiger partial charge on any atom is -0.508 e.